The van der Waals surface area contributed by atoms with E-state index in [1.807, 2.05) is 24.3 Å². The van der Waals surface area contributed by atoms with Gasteiger partial charge in [0.1, 0.15) is 5.75 Å². The van der Waals surface area contributed by atoms with Crippen LogP contribution in [0, 0.1) is 17.8 Å². The normalized spacial score (nSPS) is 19.1. The molecule has 2 aromatic rings. The van der Waals surface area contributed by atoms with E-state index < -0.39 is 0 Å². The van der Waals surface area contributed by atoms with Gasteiger partial charge in [-0.3, -0.25) is 4.79 Å². The lowest BCUT2D eigenvalue weighted by Crippen LogP contribution is -2.25. The first-order valence-corrected chi connectivity index (χ1v) is 16.0. The van der Waals surface area contributed by atoms with Gasteiger partial charge in [-0.15, -0.1) is 0 Å². The number of aromatic nitrogens is 2. The molecule has 0 N–H and O–H groups in total. The van der Waals surface area contributed by atoms with Crippen LogP contribution in [0.25, 0.3) is 11.4 Å². The summed E-state index contributed by atoms with van der Waals surface area (Å²) in [4.78, 5) is 21.6. The summed E-state index contributed by atoms with van der Waals surface area (Å²) < 4.78 is 11.5. The van der Waals surface area contributed by atoms with E-state index in [2.05, 4.69) is 16.9 Å². The SMILES string of the molecule is CCCCCC1CCC(C(=O)Oc2ccc(-c3ncc(OCCCCCCCCCC4CC4)cn3)cc2)CC1. The number of hydrogen-bond donors (Lipinski definition) is 0. The highest BCUT2D eigenvalue weighted by atomic mass is 16.5. The van der Waals surface area contributed by atoms with E-state index in [-0.39, 0.29) is 11.9 Å². The Morgan fingerprint density at radius 3 is 1.90 bits per heavy atom. The van der Waals surface area contributed by atoms with Crippen LogP contribution in [0.5, 0.6) is 11.5 Å². The zero-order chi connectivity index (χ0) is 27.1. The average molecular weight is 535 g/mol. The molecule has 2 aliphatic rings. The Bertz CT molecular complexity index is 947. The van der Waals surface area contributed by atoms with Crippen LogP contribution in [0.3, 0.4) is 0 Å². The third-order valence-electron chi connectivity index (χ3n) is 8.58. The molecule has 0 bridgehead atoms. The van der Waals surface area contributed by atoms with Gasteiger partial charge in [0, 0.05) is 5.56 Å². The summed E-state index contributed by atoms with van der Waals surface area (Å²) in [6, 6.07) is 7.50. The lowest BCUT2D eigenvalue weighted by molar-refractivity contribution is -0.140. The van der Waals surface area contributed by atoms with Crippen LogP contribution in [-0.4, -0.2) is 22.5 Å². The van der Waals surface area contributed by atoms with Gasteiger partial charge in [-0.1, -0.05) is 90.4 Å². The minimum absolute atomic E-state index is 0.0320. The fourth-order valence-electron chi connectivity index (χ4n) is 5.80. The molecule has 214 valence electrons. The third-order valence-corrected chi connectivity index (χ3v) is 8.58. The molecule has 0 aliphatic heterocycles. The number of carbonyl (C=O) groups excluding carboxylic acids is 1. The predicted molar refractivity (Wildman–Crippen MR) is 158 cm³/mol. The van der Waals surface area contributed by atoms with Crippen LogP contribution in [0.4, 0.5) is 0 Å². The van der Waals surface area contributed by atoms with Gasteiger partial charge in [0.25, 0.3) is 0 Å². The largest absolute Gasteiger partial charge is 0.490 e. The zero-order valence-electron chi connectivity index (χ0n) is 24.3. The summed E-state index contributed by atoms with van der Waals surface area (Å²) >= 11 is 0. The highest BCUT2D eigenvalue weighted by Crippen LogP contribution is 2.34. The minimum atomic E-state index is -0.0867. The van der Waals surface area contributed by atoms with Crippen LogP contribution in [0.1, 0.15) is 122 Å². The molecular weight excluding hydrogens is 484 g/mol. The Morgan fingerprint density at radius 2 is 1.28 bits per heavy atom. The number of hydrogen-bond acceptors (Lipinski definition) is 5. The number of carbonyl (C=O) groups is 1. The van der Waals surface area contributed by atoms with Crippen molar-refractivity contribution in [2.24, 2.45) is 17.8 Å². The van der Waals surface area contributed by atoms with E-state index >= 15 is 0 Å². The molecule has 0 radical (unpaired) electrons. The van der Waals surface area contributed by atoms with E-state index in [9.17, 15) is 4.79 Å². The van der Waals surface area contributed by atoms with Crippen LogP contribution in [0.15, 0.2) is 36.7 Å². The van der Waals surface area contributed by atoms with Crippen molar-refractivity contribution in [1.29, 1.82) is 0 Å². The van der Waals surface area contributed by atoms with Crippen molar-refractivity contribution in [2.45, 2.75) is 122 Å². The van der Waals surface area contributed by atoms with Crippen LogP contribution in [0.2, 0.25) is 0 Å². The molecule has 4 rings (SSSR count). The Morgan fingerprint density at radius 1 is 0.718 bits per heavy atom. The van der Waals surface area contributed by atoms with Crippen molar-refractivity contribution >= 4 is 5.97 Å². The molecule has 1 heterocycles. The molecule has 0 amide bonds. The molecule has 2 fully saturated rings. The Kier molecular flexibility index (Phi) is 12.6. The summed E-state index contributed by atoms with van der Waals surface area (Å²) in [5.41, 5.74) is 0.895. The molecule has 39 heavy (non-hydrogen) atoms. The van der Waals surface area contributed by atoms with Gasteiger partial charge in [-0.25, -0.2) is 9.97 Å². The van der Waals surface area contributed by atoms with Crippen molar-refractivity contribution < 1.29 is 14.3 Å². The maximum absolute atomic E-state index is 12.7. The summed E-state index contributed by atoms with van der Waals surface area (Å²) in [7, 11) is 0. The summed E-state index contributed by atoms with van der Waals surface area (Å²) in [5.74, 6) is 3.76. The molecule has 5 heteroatoms. The second kappa shape index (κ2) is 16.6. The first kappa shape index (κ1) is 29.6. The van der Waals surface area contributed by atoms with Crippen LogP contribution >= 0.6 is 0 Å². The maximum atomic E-state index is 12.7. The Hall–Kier alpha value is -2.43. The topological polar surface area (TPSA) is 61.3 Å². The van der Waals surface area contributed by atoms with E-state index in [4.69, 9.17) is 9.47 Å². The van der Waals surface area contributed by atoms with Gasteiger partial charge in [0.15, 0.2) is 11.6 Å². The number of unbranched alkanes of at least 4 members (excludes halogenated alkanes) is 8. The highest BCUT2D eigenvalue weighted by molar-refractivity contribution is 5.75. The highest BCUT2D eigenvalue weighted by Gasteiger charge is 2.27. The molecule has 0 saturated heterocycles. The summed E-state index contributed by atoms with van der Waals surface area (Å²) in [5, 5.41) is 0. The van der Waals surface area contributed by atoms with E-state index in [1.54, 1.807) is 12.4 Å². The maximum Gasteiger partial charge on any atom is 0.314 e. The van der Waals surface area contributed by atoms with E-state index in [1.165, 1.54) is 83.5 Å². The Balaban J connectivity index is 1.09. The number of ether oxygens (including phenoxy) is 2. The van der Waals surface area contributed by atoms with Crippen molar-refractivity contribution in [3.8, 4) is 22.9 Å². The fourth-order valence-corrected chi connectivity index (χ4v) is 5.80. The lowest BCUT2D eigenvalue weighted by atomic mass is 9.80. The second-order valence-electron chi connectivity index (χ2n) is 12.0. The van der Waals surface area contributed by atoms with Crippen LogP contribution < -0.4 is 9.47 Å². The monoisotopic (exact) mass is 534 g/mol. The quantitative estimate of drug-likeness (QED) is 0.108. The number of benzene rings is 1. The van der Waals surface area contributed by atoms with Gasteiger partial charge in [0.2, 0.25) is 0 Å². The molecule has 2 aliphatic carbocycles. The number of nitrogens with zero attached hydrogens (tertiary/aromatic N) is 2. The molecule has 5 nitrogen and oxygen atoms in total. The van der Waals surface area contributed by atoms with Crippen molar-refractivity contribution in [3.63, 3.8) is 0 Å². The molecule has 1 aromatic carbocycles. The smallest absolute Gasteiger partial charge is 0.314 e. The molecule has 0 unspecified atom stereocenters. The van der Waals surface area contributed by atoms with E-state index in [0.717, 1.165) is 49.5 Å². The average Bonchev–Trinajstić information content (AvgIpc) is 3.80. The summed E-state index contributed by atoms with van der Waals surface area (Å²) in [6.07, 6.45) is 26.5. The second-order valence-corrected chi connectivity index (χ2v) is 12.0. The standard InChI is InChI=1S/C34H50N2O3/c1-2-3-9-12-28-16-18-30(19-17-28)34(37)39-31-22-20-29(21-23-31)33-35-25-32(26-36-33)38-24-11-8-6-4-5-7-10-13-27-14-15-27/h20-23,25-28,30H,2-19,24H2,1H3. The van der Waals surface area contributed by atoms with E-state index in [0.29, 0.717) is 23.9 Å². The molecule has 2 saturated carbocycles. The fraction of sp³-hybridized carbons (Fsp3) is 0.676. The minimum Gasteiger partial charge on any atom is -0.490 e. The van der Waals surface area contributed by atoms with Gasteiger partial charge < -0.3 is 9.47 Å². The van der Waals surface area contributed by atoms with Gasteiger partial charge in [-0.2, -0.15) is 0 Å². The van der Waals surface area contributed by atoms with Crippen molar-refractivity contribution in [1.82, 2.24) is 9.97 Å². The summed E-state index contributed by atoms with van der Waals surface area (Å²) in [6.45, 7) is 2.96. The third kappa shape index (κ3) is 10.9. The van der Waals surface area contributed by atoms with Crippen molar-refractivity contribution in [2.75, 3.05) is 6.61 Å². The molecule has 0 spiro atoms. The lowest BCUT2D eigenvalue weighted by Gasteiger charge is -2.27. The Labute approximate surface area is 236 Å². The van der Waals surface area contributed by atoms with Gasteiger partial charge >= 0.3 is 5.97 Å². The molecule has 0 atom stereocenters. The zero-order valence-corrected chi connectivity index (χ0v) is 24.3. The van der Waals surface area contributed by atoms with Gasteiger partial charge in [0.05, 0.1) is 24.9 Å². The number of esters is 1. The molecule has 1 aromatic heterocycles. The first-order valence-electron chi connectivity index (χ1n) is 16.0. The van der Waals surface area contributed by atoms with Gasteiger partial charge in [-0.05, 0) is 68.2 Å². The van der Waals surface area contributed by atoms with Crippen LogP contribution in [-0.2, 0) is 4.79 Å². The molecular formula is C34H50N2O3. The van der Waals surface area contributed by atoms with Crippen molar-refractivity contribution in [3.05, 3.63) is 36.7 Å². The first-order chi connectivity index (χ1) is 19.2. The predicted octanol–water partition coefficient (Wildman–Crippen LogP) is 9.35. The number of rotatable bonds is 18.